The Kier molecular flexibility index (Phi) is 8.60. The van der Waals surface area contributed by atoms with Gasteiger partial charge in [0.15, 0.2) is 10.9 Å². The Bertz CT molecular complexity index is 1360. The highest BCUT2D eigenvalue weighted by molar-refractivity contribution is 7.14. The number of likely N-dealkylation sites (tertiary alicyclic amines) is 1. The number of ether oxygens (including phenoxy) is 1. The summed E-state index contributed by atoms with van der Waals surface area (Å²) in [6, 6.07) is 6.28. The van der Waals surface area contributed by atoms with Gasteiger partial charge in [-0.2, -0.15) is 0 Å². The highest BCUT2D eigenvalue weighted by Gasteiger charge is 2.52. The molecule has 11 nitrogen and oxygen atoms in total. The largest absolute Gasteiger partial charge is 0.368 e. The second-order valence-electron chi connectivity index (χ2n) is 13.7. The Hall–Kier alpha value is -3.22. The number of benzene rings is 1. The second-order valence-corrected chi connectivity index (χ2v) is 14.6. The normalized spacial score (nSPS) is 25.4. The predicted octanol–water partition coefficient (Wildman–Crippen LogP) is 2.18. The number of rotatable bonds is 6. The van der Waals surface area contributed by atoms with Gasteiger partial charge >= 0.3 is 0 Å². The van der Waals surface area contributed by atoms with Gasteiger partial charge in [0, 0.05) is 81.5 Å². The third kappa shape index (κ3) is 6.16. The average molecular weight is 624 g/mol. The minimum atomic E-state index is -0.774. The Morgan fingerprint density at radius 1 is 0.977 bits per heavy atom. The number of aromatic nitrogens is 1. The monoisotopic (exact) mass is 623 g/mol. The summed E-state index contributed by atoms with van der Waals surface area (Å²) in [5, 5.41) is 6.28. The van der Waals surface area contributed by atoms with Gasteiger partial charge in [-0.05, 0) is 36.7 Å². The number of likely N-dealkylation sites (N-methyl/N-ethyl adjacent to an activating group) is 1. The third-order valence-electron chi connectivity index (χ3n) is 9.46. The zero-order valence-electron chi connectivity index (χ0n) is 26.5. The van der Waals surface area contributed by atoms with Gasteiger partial charge in [0.25, 0.3) is 5.91 Å². The van der Waals surface area contributed by atoms with Crippen LogP contribution in [0.1, 0.15) is 38.1 Å². The molecule has 4 saturated heterocycles. The lowest BCUT2D eigenvalue weighted by Gasteiger charge is -2.36. The van der Waals surface area contributed by atoms with Crippen LogP contribution in [0.3, 0.4) is 0 Å². The molecule has 5 heterocycles. The molecule has 4 aliphatic rings. The molecule has 0 unspecified atom stereocenters. The highest BCUT2D eigenvalue weighted by atomic mass is 32.1. The van der Waals surface area contributed by atoms with E-state index in [2.05, 4.69) is 37.3 Å². The molecule has 0 bridgehead atoms. The van der Waals surface area contributed by atoms with Gasteiger partial charge in [-0.1, -0.05) is 27.7 Å². The minimum absolute atomic E-state index is 0.0418. The number of ketones is 1. The fraction of sp³-hybridized carbons (Fsp3) is 0.625. The van der Waals surface area contributed by atoms with E-state index in [0.29, 0.717) is 12.1 Å². The van der Waals surface area contributed by atoms with Gasteiger partial charge in [-0.3, -0.25) is 14.4 Å². The van der Waals surface area contributed by atoms with Crippen molar-refractivity contribution < 1.29 is 19.1 Å². The zero-order valence-corrected chi connectivity index (χ0v) is 27.3. The summed E-state index contributed by atoms with van der Waals surface area (Å²) in [6.45, 7) is 16.0. The predicted molar refractivity (Wildman–Crippen MR) is 173 cm³/mol. The number of hydrogen-bond acceptors (Lipinski definition) is 10. The van der Waals surface area contributed by atoms with E-state index in [4.69, 9.17) is 9.72 Å². The molecule has 238 valence electrons. The Morgan fingerprint density at radius 2 is 1.61 bits per heavy atom. The first-order valence-electron chi connectivity index (χ1n) is 15.7. The van der Waals surface area contributed by atoms with E-state index in [0.717, 1.165) is 69.0 Å². The lowest BCUT2D eigenvalue weighted by molar-refractivity contribution is -0.140. The number of nitrogens with zero attached hydrogens (tertiary/aromatic N) is 6. The first-order chi connectivity index (χ1) is 21.0. The molecule has 2 aromatic rings. The molecule has 1 aromatic heterocycles. The number of nitrogens with one attached hydrogen (secondary N) is 1. The average Bonchev–Trinajstić information content (AvgIpc) is 3.73. The Labute approximate surface area is 264 Å². The van der Waals surface area contributed by atoms with Crippen molar-refractivity contribution >= 4 is 45.6 Å². The summed E-state index contributed by atoms with van der Waals surface area (Å²) in [5.74, 6) is 0.538. The molecule has 0 radical (unpaired) electrons. The van der Waals surface area contributed by atoms with Crippen molar-refractivity contribution in [1.82, 2.24) is 20.1 Å². The molecule has 4 fully saturated rings. The smallest absolute Gasteiger partial charge is 0.251 e. The number of carbonyl (C=O) groups excluding carboxylic acids is 3. The number of hydrogen-bond donors (Lipinski definition) is 1. The summed E-state index contributed by atoms with van der Waals surface area (Å²) < 4.78 is 5.67. The number of amides is 2. The van der Waals surface area contributed by atoms with E-state index in [9.17, 15) is 14.4 Å². The summed E-state index contributed by atoms with van der Waals surface area (Å²) in [5.41, 5.74) is 1.03. The van der Waals surface area contributed by atoms with Crippen molar-refractivity contribution in [3.8, 4) is 0 Å². The first-order valence-corrected chi connectivity index (χ1v) is 16.6. The van der Waals surface area contributed by atoms with Crippen LogP contribution >= 0.6 is 11.3 Å². The summed E-state index contributed by atoms with van der Waals surface area (Å²) in [7, 11) is 2.17. The van der Waals surface area contributed by atoms with Gasteiger partial charge in [0.05, 0.1) is 6.10 Å². The first kappa shape index (κ1) is 30.8. The molecule has 1 N–H and O–H groups in total. The van der Waals surface area contributed by atoms with E-state index in [1.165, 1.54) is 0 Å². The zero-order chi connectivity index (χ0) is 31.2. The van der Waals surface area contributed by atoms with Crippen LogP contribution < -0.4 is 20.0 Å². The molecule has 4 aliphatic heterocycles. The van der Waals surface area contributed by atoms with Gasteiger partial charge in [0.1, 0.15) is 24.5 Å². The van der Waals surface area contributed by atoms with Crippen molar-refractivity contribution in [1.29, 1.82) is 0 Å². The molecular formula is C32H45N7O4S. The SMILES string of the molecule is C[C@H]1CN(C(=O)[C@@H](NC(=O)c2ccc(N3CCN(c4csc(N5CCN(C)CC5)n4)CC3)cc2)C(C)(C)C)[C@@H]2C(=O)CO[C@@H]21. The van der Waals surface area contributed by atoms with Gasteiger partial charge < -0.3 is 34.6 Å². The van der Waals surface area contributed by atoms with Gasteiger partial charge in [0.2, 0.25) is 5.91 Å². The van der Waals surface area contributed by atoms with E-state index < -0.39 is 17.5 Å². The maximum Gasteiger partial charge on any atom is 0.251 e. The van der Waals surface area contributed by atoms with E-state index >= 15 is 0 Å². The van der Waals surface area contributed by atoms with E-state index in [-0.39, 0.29) is 36.2 Å². The molecule has 0 aliphatic carbocycles. The van der Waals surface area contributed by atoms with Crippen molar-refractivity contribution in [2.45, 2.75) is 45.9 Å². The van der Waals surface area contributed by atoms with Crippen molar-refractivity contribution in [2.75, 3.05) is 87.3 Å². The molecule has 1 aromatic carbocycles. The quantitative estimate of drug-likeness (QED) is 0.519. The maximum atomic E-state index is 13.8. The van der Waals surface area contributed by atoms with Crippen molar-refractivity contribution in [3.05, 3.63) is 35.2 Å². The molecule has 44 heavy (non-hydrogen) atoms. The van der Waals surface area contributed by atoms with E-state index in [1.54, 1.807) is 16.2 Å². The molecule has 0 spiro atoms. The van der Waals surface area contributed by atoms with Gasteiger partial charge in [-0.25, -0.2) is 4.98 Å². The summed E-state index contributed by atoms with van der Waals surface area (Å²) in [4.78, 5) is 55.7. The van der Waals surface area contributed by atoms with Crippen LogP contribution in [-0.4, -0.2) is 123 Å². The number of carbonyl (C=O) groups is 3. The maximum absolute atomic E-state index is 13.8. The molecule has 0 saturated carbocycles. The second kappa shape index (κ2) is 12.3. The third-order valence-corrected chi connectivity index (χ3v) is 10.4. The van der Waals surface area contributed by atoms with Gasteiger partial charge in [-0.15, -0.1) is 11.3 Å². The fourth-order valence-electron chi connectivity index (χ4n) is 6.71. The highest BCUT2D eigenvalue weighted by Crippen LogP contribution is 2.34. The molecule has 12 heteroatoms. The molecule has 4 atom stereocenters. The number of anilines is 3. The minimum Gasteiger partial charge on any atom is -0.368 e. The lowest BCUT2D eigenvalue weighted by atomic mass is 9.85. The number of piperazine rings is 2. The van der Waals surface area contributed by atoms with Crippen LogP contribution in [0, 0.1) is 11.3 Å². The van der Waals surface area contributed by atoms with E-state index in [1.807, 2.05) is 52.0 Å². The number of fused-ring (bicyclic) bond motifs is 1. The van der Waals surface area contributed by atoms with Crippen LogP contribution in [-0.2, 0) is 14.3 Å². The molecular weight excluding hydrogens is 578 g/mol. The summed E-state index contributed by atoms with van der Waals surface area (Å²) in [6.07, 6.45) is -0.266. The standard InChI is InChI=1S/C32H45N7O4S/c1-21-18-39(26-24(40)19-43-27(21)26)30(42)28(32(2,3)4)34-29(41)22-6-8-23(9-7-22)36-14-16-37(17-15-36)25-20-44-31(33-25)38-12-10-35(5)11-13-38/h6-9,20-21,26-28H,10-19H2,1-5H3,(H,34,41)/t21-,26+,27+,28+/m0/s1. The fourth-order valence-corrected chi connectivity index (χ4v) is 7.60. The number of Topliss-reactive ketones (excluding diaryl/α,β-unsaturated/α-hetero) is 1. The Balaban J connectivity index is 1.05. The Morgan fingerprint density at radius 3 is 2.27 bits per heavy atom. The molecule has 6 rings (SSSR count). The lowest BCUT2D eigenvalue weighted by Crippen LogP contribution is -2.57. The van der Waals surface area contributed by atoms with Crippen LogP contribution in [0.15, 0.2) is 29.6 Å². The van der Waals surface area contributed by atoms with Crippen LogP contribution in [0.4, 0.5) is 16.6 Å². The van der Waals surface area contributed by atoms with Crippen molar-refractivity contribution in [3.63, 3.8) is 0 Å². The van der Waals surface area contributed by atoms with Crippen molar-refractivity contribution in [2.24, 2.45) is 11.3 Å². The van der Waals surface area contributed by atoms with Crippen LogP contribution in [0.25, 0.3) is 0 Å². The summed E-state index contributed by atoms with van der Waals surface area (Å²) >= 11 is 1.73. The molecule has 2 amide bonds. The van der Waals surface area contributed by atoms with Crippen LogP contribution in [0.5, 0.6) is 0 Å². The number of thiazole rings is 1. The van der Waals surface area contributed by atoms with Crippen LogP contribution in [0.2, 0.25) is 0 Å². The topological polar surface area (TPSA) is 102 Å².